The predicted octanol–water partition coefficient (Wildman–Crippen LogP) is 1.77. The summed E-state index contributed by atoms with van der Waals surface area (Å²) in [5.74, 6) is 1.15. The van der Waals surface area contributed by atoms with E-state index in [2.05, 4.69) is 26.3 Å². The van der Waals surface area contributed by atoms with Gasteiger partial charge in [0.25, 0.3) is 0 Å². The number of halogens is 1. The molecular formula is C18H36IN5O2. The van der Waals surface area contributed by atoms with Gasteiger partial charge in [-0.15, -0.1) is 24.0 Å². The average molecular weight is 481 g/mol. The fraction of sp³-hybridized carbons (Fsp3) is 0.833. The molecule has 0 unspecified atom stereocenters. The van der Waals surface area contributed by atoms with Crippen molar-refractivity contribution in [3.63, 3.8) is 0 Å². The van der Waals surface area contributed by atoms with Gasteiger partial charge in [-0.1, -0.05) is 12.8 Å². The zero-order chi connectivity index (χ0) is 18.7. The molecule has 8 heteroatoms. The van der Waals surface area contributed by atoms with Crippen molar-refractivity contribution >= 4 is 41.8 Å². The van der Waals surface area contributed by atoms with Crippen molar-refractivity contribution in [3.8, 4) is 0 Å². The van der Waals surface area contributed by atoms with Crippen molar-refractivity contribution in [3.05, 3.63) is 0 Å². The molecule has 0 bridgehead atoms. The largest absolute Gasteiger partial charge is 0.357 e. The molecule has 1 fully saturated rings. The molecule has 0 spiro atoms. The molecule has 7 nitrogen and oxygen atoms in total. The first kappa shape index (κ1) is 24.9. The predicted molar refractivity (Wildman–Crippen MR) is 117 cm³/mol. The number of hydrogen-bond acceptors (Lipinski definition) is 3. The fourth-order valence-electron chi connectivity index (χ4n) is 2.88. The van der Waals surface area contributed by atoms with Crippen LogP contribution in [0.4, 0.5) is 0 Å². The van der Waals surface area contributed by atoms with Crippen LogP contribution in [0.3, 0.4) is 0 Å². The Morgan fingerprint density at radius 2 is 1.62 bits per heavy atom. The van der Waals surface area contributed by atoms with E-state index in [1.165, 1.54) is 25.7 Å². The third-order valence-corrected chi connectivity index (χ3v) is 3.93. The van der Waals surface area contributed by atoms with Crippen molar-refractivity contribution in [2.24, 2.45) is 10.9 Å². The van der Waals surface area contributed by atoms with E-state index in [9.17, 15) is 9.59 Å². The lowest BCUT2D eigenvalue weighted by Gasteiger charge is -2.20. The number of hydrogen-bond donors (Lipinski definition) is 4. The number of guanidine groups is 1. The molecule has 0 aromatic heterocycles. The molecule has 0 atom stereocenters. The second-order valence-corrected chi connectivity index (χ2v) is 7.62. The van der Waals surface area contributed by atoms with E-state index in [0.717, 1.165) is 0 Å². The van der Waals surface area contributed by atoms with Gasteiger partial charge in [-0.05, 0) is 46.5 Å². The molecule has 0 aromatic rings. The van der Waals surface area contributed by atoms with Crippen LogP contribution in [0, 0.1) is 5.92 Å². The van der Waals surface area contributed by atoms with Crippen molar-refractivity contribution in [2.75, 3.05) is 26.2 Å². The number of nitrogens with zero attached hydrogens (tertiary/aromatic N) is 1. The third-order valence-electron chi connectivity index (χ3n) is 3.93. The zero-order valence-corrected chi connectivity index (χ0v) is 18.9. The van der Waals surface area contributed by atoms with E-state index in [1.807, 2.05) is 27.7 Å². The lowest BCUT2D eigenvalue weighted by atomic mass is 10.0. The normalized spacial score (nSPS) is 15.2. The molecule has 1 saturated carbocycles. The standard InChI is InChI=1S/C18H35N5O2.HI/c1-5-19-17(22-13-16(25)23-18(2,3)4)21-11-10-20-15(24)12-14-8-6-7-9-14;/h14H,5-13H2,1-4H3,(H,20,24)(H,23,25)(H2,19,21,22);1H. The summed E-state index contributed by atoms with van der Waals surface area (Å²) in [4.78, 5) is 28.0. The van der Waals surface area contributed by atoms with Crippen LogP contribution in [0.5, 0.6) is 0 Å². The summed E-state index contributed by atoms with van der Waals surface area (Å²) in [5, 5.41) is 12.0. The lowest BCUT2D eigenvalue weighted by molar-refractivity contribution is -0.122. The van der Waals surface area contributed by atoms with E-state index in [0.29, 0.717) is 37.9 Å². The number of carbonyl (C=O) groups is 2. The van der Waals surface area contributed by atoms with Gasteiger partial charge in [-0.2, -0.15) is 0 Å². The highest BCUT2D eigenvalue weighted by atomic mass is 127. The van der Waals surface area contributed by atoms with Crippen molar-refractivity contribution < 1.29 is 9.59 Å². The Kier molecular flexibility index (Phi) is 12.6. The van der Waals surface area contributed by atoms with Crippen LogP contribution in [-0.4, -0.2) is 49.5 Å². The number of rotatable bonds is 8. The second-order valence-electron chi connectivity index (χ2n) is 7.62. The SMILES string of the molecule is CCNC(=NCC(=O)NC(C)(C)C)NCCNC(=O)CC1CCCC1.I. The molecule has 0 saturated heterocycles. The van der Waals surface area contributed by atoms with E-state index < -0.39 is 0 Å². The summed E-state index contributed by atoms with van der Waals surface area (Å²) < 4.78 is 0. The Morgan fingerprint density at radius 3 is 2.19 bits per heavy atom. The van der Waals surface area contributed by atoms with Gasteiger partial charge in [-0.25, -0.2) is 4.99 Å². The van der Waals surface area contributed by atoms with Crippen LogP contribution in [0.25, 0.3) is 0 Å². The lowest BCUT2D eigenvalue weighted by Crippen LogP contribution is -2.44. The number of aliphatic imine (C=N–C) groups is 1. The van der Waals surface area contributed by atoms with Gasteiger partial charge in [0.05, 0.1) is 0 Å². The summed E-state index contributed by atoms with van der Waals surface area (Å²) in [6, 6.07) is 0. The van der Waals surface area contributed by atoms with Crippen molar-refractivity contribution in [1.82, 2.24) is 21.3 Å². The average Bonchev–Trinajstić information content (AvgIpc) is 3.00. The molecule has 2 amide bonds. The minimum Gasteiger partial charge on any atom is -0.357 e. The highest BCUT2D eigenvalue weighted by Crippen LogP contribution is 2.27. The van der Waals surface area contributed by atoms with Gasteiger partial charge in [0.1, 0.15) is 6.54 Å². The summed E-state index contributed by atoms with van der Waals surface area (Å²) >= 11 is 0. The first-order valence-electron chi connectivity index (χ1n) is 9.40. The molecule has 0 radical (unpaired) electrons. The Balaban J connectivity index is 0.00000625. The highest BCUT2D eigenvalue weighted by Gasteiger charge is 2.18. The highest BCUT2D eigenvalue weighted by molar-refractivity contribution is 14.0. The smallest absolute Gasteiger partial charge is 0.242 e. The summed E-state index contributed by atoms with van der Waals surface area (Å²) in [5.41, 5.74) is -0.262. The van der Waals surface area contributed by atoms with E-state index in [1.54, 1.807) is 0 Å². The van der Waals surface area contributed by atoms with Gasteiger partial charge >= 0.3 is 0 Å². The Bertz CT molecular complexity index is 457. The molecule has 1 aliphatic carbocycles. The van der Waals surface area contributed by atoms with Gasteiger partial charge in [-0.3, -0.25) is 9.59 Å². The summed E-state index contributed by atoms with van der Waals surface area (Å²) in [6.07, 6.45) is 5.51. The minimum atomic E-state index is -0.262. The molecular weight excluding hydrogens is 445 g/mol. The van der Waals surface area contributed by atoms with E-state index >= 15 is 0 Å². The maximum Gasteiger partial charge on any atom is 0.242 e. The molecule has 4 N–H and O–H groups in total. The van der Waals surface area contributed by atoms with Crippen LogP contribution < -0.4 is 21.3 Å². The van der Waals surface area contributed by atoms with E-state index in [-0.39, 0.29) is 47.9 Å². The van der Waals surface area contributed by atoms with Gasteiger partial charge < -0.3 is 21.3 Å². The van der Waals surface area contributed by atoms with Gasteiger partial charge in [0, 0.05) is 31.6 Å². The second kappa shape index (κ2) is 13.2. The minimum absolute atomic E-state index is 0. The molecule has 0 heterocycles. The molecule has 1 aliphatic rings. The summed E-state index contributed by atoms with van der Waals surface area (Å²) in [6.45, 7) is 9.68. The first-order chi connectivity index (χ1) is 11.8. The Hall–Kier alpha value is -1.06. The summed E-state index contributed by atoms with van der Waals surface area (Å²) in [7, 11) is 0. The molecule has 152 valence electrons. The quantitative estimate of drug-likeness (QED) is 0.184. The van der Waals surface area contributed by atoms with E-state index in [4.69, 9.17) is 0 Å². The fourth-order valence-corrected chi connectivity index (χ4v) is 2.88. The van der Waals surface area contributed by atoms with Crippen LogP contribution in [0.15, 0.2) is 4.99 Å². The molecule has 1 rings (SSSR count). The molecule has 0 aliphatic heterocycles. The Labute approximate surface area is 174 Å². The van der Waals surface area contributed by atoms with Crippen LogP contribution in [-0.2, 0) is 9.59 Å². The molecule has 0 aromatic carbocycles. The number of amides is 2. The van der Waals surface area contributed by atoms with Crippen LogP contribution in [0.1, 0.15) is 59.8 Å². The monoisotopic (exact) mass is 481 g/mol. The number of nitrogens with one attached hydrogen (secondary N) is 4. The zero-order valence-electron chi connectivity index (χ0n) is 16.6. The third kappa shape index (κ3) is 12.3. The maximum atomic E-state index is 11.9. The topological polar surface area (TPSA) is 94.6 Å². The number of carbonyl (C=O) groups excluding carboxylic acids is 2. The van der Waals surface area contributed by atoms with Crippen molar-refractivity contribution in [2.45, 2.75) is 65.3 Å². The van der Waals surface area contributed by atoms with Crippen LogP contribution in [0.2, 0.25) is 0 Å². The first-order valence-corrected chi connectivity index (χ1v) is 9.40. The molecule has 26 heavy (non-hydrogen) atoms. The van der Waals surface area contributed by atoms with Crippen LogP contribution >= 0.6 is 24.0 Å². The maximum absolute atomic E-state index is 11.9. The van der Waals surface area contributed by atoms with Crippen molar-refractivity contribution in [1.29, 1.82) is 0 Å². The van der Waals surface area contributed by atoms with Gasteiger partial charge in [0.2, 0.25) is 11.8 Å². The Morgan fingerprint density at radius 1 is 1.00 bits per heavy atom. The van der Waals surface area contributed by atoms with Gasteiger partial charge in [0.15, 0.2) is 5.96 Å².